The lowest BCUT2D eigenvalue weighted by atomic mass is 9.79. The Bertz CT molecular complexity index is 659. The van der Waals surface area contributed by atoms with E-state index in [4.69, 9.17) is 10.5 Å². The Kier molecular flexibility index (Phi) is 4.28. The third-order valence-electron chi connectivity index (χ3n) is 3.75. The molecule has 112 valence electrons. The monoisotopic (exact) mass is 286 g/mol. The molecule has 2 N–H and O–H groups in total. The fourth-order valence-corrected chi connectivity index (χ4v) is 2.65. The number of benzene rings is 1. The van der Waals surface area contributed by atoms with Gasteiger partial charge in [-0.3, -0.25) is 9.78 Å². The lowest BCUT2D eigenvalue weighted by Gasteiger charge is -2.31. The lowest BCUT2D eigenvalue weighted by molar-refractivity contribution is -0.141. The van der Waals surface area contributed by atoms with Crippen molar-refractivity contribution in [2.24, 2.45) is 5.73 Å². The highest BCUT2D eigenvalue weighted by Gasteiger charge is 2.31. The second-order valence-electron chi connectivity index (χ2n) is 6.02. The first-order valence-corrected chi connectivity index (χ1v) is 7.05. The number of ether oxygens (including phenoxy) is 1. The second kappa shape index (κ2) is 5.82. The van der Waals surface area contributed by atoms with Crippen molar-refractivity contribution in [1.29, 1.82) is 0 Å². The Morgan fingerprint density at radius 3 is 2.67 bits per heavy atom. The average molecular weight is 286 g/mol. The maximum atomic E-state index is 11.8. The van der Waals surface area contributed by atoms with Gasteiger partial charge in [-0.15, -0.1) is 0 Å². The molecule has 2 rings (SSSR count). The Hall–Kier alpha value is -1.94. The molecule has 1 aromatic carbocycles. The van der Waals surface area contributed by atoms with Gasteiger partial charge >= 0.3 is 5.97 Å². The summed E-state index contributed by atoms with van der Waals surface area (Å²) in [7, 11) is 1.40. The molecule has 1 heterocycles. The number of hydrogen-bond acceptors (Lipinski definition) is 4. The molecule has 1 aromatic heterocycles. The maximum Gasteiger partial charge on any atom is 0.306 e. The molecule has 2 aromatic rings. The molecule has 4 nitrogen and oxygen atoms in total. The predicted octanol–water partition coefficient (Wildman–Crippen LogP) is 2.93. The van der Waals surface area contributed by atoms with Crippen molar-refractivity contribution in [2.45, 2.75) is 38.6 Å². The molecule has 0 saturated heterocycles. The van der Waals surface area contributed by atoms with Gasteiger partial charge in [-0.05, 0) is 38.5 Å². The Morgan fingerprint density at radius 2 is 2.05 bits per heavy atom. The summed E-state index contributed by atoms with van der Waals surface area (Å²) in [4.78, 5) is 16.3. The van der Waals surface area contributed by atoms with Crippen LogP contribution in [0.2, 0.25) is 0 Å². The first kappa shape index (κ1) is 15.4. The number of hydrogen-bond donors (Lipinski definition) is 1. The third-order valence-corrected chi connectivity index (χ3v) is 3.75. The van der Waals surface area contributed by atoms with Crippen LogP contribution in [0.1, 0.15) is 37.4 Å². The van der Waals surface area contributed by atoms with Gasteiger partial charge in [0.1, 0.15) is 0 Å². The van der Waals surface area contributed by atoms with E-state index in [0.717, 1.165) is 22.2 Å². The van der Waals surface area contributed by atoms with Crippen molar-refractivity contribution in [1.82, 2.24) is 4.98 Å². The zero-order valence-electron chi connectivity index (χ0n) is 13.0. The number of pyridine rings is 1. The molecule has 0 radical (unpaired) electrons. The minimum Gasteiger partial charge on any atom is -0.469 e. The highest BCUT2D eigenvalue weighted by atomic mass is 16.5. The van der Waals surface area contributed by atoms with Crippen LogP contribution in [0.3, 0.4) is 0 Å². The van der Waals surface area contributed by atoms with Crippen LogP contribution in [0, 0.1) is 6.92 Å². The molecular formula is C17H22N2O2. The number of methoxy groups -OCH3 is 1. The number of nitrogens with two attached hydrogens (primary N) is 1. The van der Waals surface area contributed by atoms with Gasteiger partial charge in [-0.2, -0.15) is 0 Å². The van der Waals surface area contributed by atoms with Crippen molar-refractivity contribution < 1.29 is 9.53 Å². The Labute approximate surface area is 125 Å². The van der Waals surface area contributed by atoms with E-state index >= 15 is 0 Å². The third kappa shape index (κ3) is 3.39. The molecule has 0 aliphatic rings. The van der Waals surface area contributed by atoms with Crippen LogP contribution >= 0.6 is 0 Å². The standard InChI is InChI=1S/C17H22N2O2/c1-11-9-13(12-7-5-6-8-15(12)19-11)14(17(2,3)18)10-16(20)21-4/h5-9,14H,10,18H2,1-4H3. The van der Waals surface area contributed by atoms with Crippen molar-refractivity contribution in [3.8, 4) is 0 Å². The zero-order chi connectivity index (χ0) is 15.6. The largest absolute Gasteiger partial charge is 0.469 e. The van der Waals surface area contributed by atoms with Gasteiger partial charge in [0.2, 0.25) is 0 Å². The molecule has 21 heavy (non-hydrogen) atoms. The first-order chi connectivity index (χ1) is 9.82. The van der Waals surface area contributed by atoms with Crippen molar-refractivity contribution in [3.05, 3.63) is 41.6 Å². The molecule has 1 unspecified atom stereocenters. The summed E-state index contributed by atoms with van der Waals surface area (Å²) in [5.41, 5.74) is 8.68. The number of esters is 1. The molecule has 0 spiro atoms. The molecule has 1 atom stereocenters. The van der Waals surface area contributed by atoms with Gasteiger partial charge < -0.3 is 10.5 Å². The Balaban J connectivity index is 2.61. The summed E-state index contributed by atoms with van der Waals surface area (Å²) in [5.74, 6) is -0.381. The number of fused-ring (bicyclic) bond motifs is 1. The summed E-state index contributed by atoms with van der Waals surface area (Å²) in [6.07, 6.45) is 0.257. The molecule has 0 amide bonds. The van der Waals surface area contributed by atoms with Crippen molar-refractivity contribution in [3.63, 3.8) is 0 Å². The van der Waals surface area contributed by atoms with Gasteiger partial charge in [-0.1, -0.05) is 18.2 Å². The predicted molar refractivity (Wildman–Crippen MR) is 84.1 cm³/mol. The fourth-order valence-electron chi connectivity index (χ4n) is 2.65. The number of aryl methyl sites for hydroxylation is 1. The first-order valence-electron chi connectivity index (χ1n) is 7.05. The van der Waals surface area contributed by atoms with Crippen LogP contribution in [-0.4, -0.2) is 23.6 Å². The fraction of sp³-hybridized carbons (Fsp3) is 0.412. The van der Waals surface area contributed by atoms with Gasteiger partial charge in [0.25, 0.3) is 0 Å². The molecule has 0 aliphatic heterocycles. The summed E-state index contributed by atoms with van der Waals surface area (Å²) in [5, 5.41) is 1.04. The highest BCUT2D eigenvalue weighted by Crippen LogP contribution is 2.34. The smallest absolute Gasteiger partial charge is 0.306 e. The van der Waals surface area contributed by atoms with E-state index in [1.54, 1.807) is 0 Å². The summed E-state index contributed by atoms with van der Waals surface area (Å²) < 4.78 is 4.83. The van der Waals surface area contributed by atoms with Crippen molar-refractivity contribution in [2.75, 3.05) is 7.11 Å². The van der Waals surface area contributed by atoms with E-state index in [1.165, 1.54) is 7.11 Å². The van der Waals surface area contributed by atoms with Gasteiger partial charge in [-0.25, -0.2) is 0 Å². The van der Waals surface area contributed by atoms with E-state index in [1.807, 2.05) is 51.1 Å². The van der Waals surface area contributed by atoms with Gasteiger partial charge in [0.15, 0.2) is 0 Å². The van der Waals surface area contributed by atoms with E-state index in [9.17, 15) is 4.79 Å². The maximum absolute atomic E-state index is 11.8. The molecule has 0 aliphatic carbocycles. The van der Waals surface area contributed by atoms with Crippen LogP contribution in [0.4, 0.5) is 0 Å². The molecule has 4 heteroatoms. The second-order valence-corrected chi connectivity index (χ2v) is 6.02. The number of rotatable bonds is 4. The van der Waals surface area contributed by atoms with Crippen LogP contribution in [0.15, 0.2) is 30.3 Å². The summed E-state index contributed by atoms with van der Waals surface area (Å²) in [6.45, 7) is 5.82. The highest BCUT2D eigenvalue weighted by molar-refractivity contribution is 5.84. The number of carbonyl (C=O) groups excluding carboxylic acids is 1. The van der Waals surface area contributed by atoms with Crippen LogP contribution < -0.4 is 5.73 Å². The molecular weight excluding hydrogens is 264 g/mol. The molecule has 0 bridgehead atoms. The van der Waals surface area contributed by atoms with E-state index in [2.05, 4.69) is 4.98 Å². The summed E-state index contributed by atoms with van der Waals surface area (Å²) in [6, 6.07) is 9.95. The average Bonchev–Trinajstić information content (AvgIpc) is 2.42. The van der Waals surface area contributed by atoms with Crippen LogP contribution in [0.25, 0.3) is 10.9 Å². The van der Waals surface area contributed by atoms with Gasteiger partial charge in [0, 0.05) is 22.5 Å². The molecule has 0 saturated carbocycles. The van der Waals surface area contributed by atoms with Crippen LogP contribution in [0.5, 0.6) is 0 Å². The lowest BCUT2D eigenvalue weighted by Crippen LogP contribution is -2.40. The Morgan fingerprint density at radius 1 is 1.38 bits per heavy atom. The normalized spacial score (nSPS) is 13.2. The number of aromatic nitrogens is 1. The van der Waals surface area contributed by atoms with Crippen LogP contribution in [-0.2, 0) is 9.53 Å². The SMILES string of the molecule is COC(=O)CC(c1cc(C)nc2ccccc12)C(C)(C)N. The van der Waals surface area contributed by atoms with E-state index in [-0.39, 0.29) is 18.3 Å². The molecule has 0 fully saturated rings. The number of para-hydroxylation sites is 1. The number of nitrogens with zero attached hydrogens (tertiary/aromatic N) is 1. The topological polar surface area (TPSA) is 65.2 Å². The van der Waals surface area contributed by atoms with Gasteiger partial charge in [0.05, 0.1) is 19.0 Å². The van der Waals surface area contributed by atoms with Crippen molar-refractivity contribution >= 4 is 16.9 Å². The van der Waals surface area contributed by atoms with E-state index < -0.39 is 5.54 Å². The number of carbonyl (C=O) groups is 1. The summed E-state index contributed by atoms with van der Waals surface area (Å²) >= 11 is 0. The minimum atomic E-state index is -0.537. The minimum absolute atomic E-state index is 0.128. The van der Waals surface area contributed by atoms with E-state index in [0.29, 0.717) is 0 Å². The zero-order valence-corrected chi connectivity index (χ0v) is 13.0. The quantitative estimate of drug-likeness (QED) is 0.878.